The summed E-state index contributed by atoms with van der Waals surface area (Å²) in [6.45, 7) is 20.1. The zero-order valence-corrected chi connectivity index (χ0v) is 15.7. The van der Waals surface area contributed by atoms with E-state index in [-0.39, 0.29) is 16.4 Å². The van der Waals surface area contributed by atoms with Crippen molar-refractivity contribution in [2.45, 2.75) is 73.3 Å². The minimum atomic E-state index is -0.0384. The Labute approximate surface area is 138 Å². The highest BCUT2D eigenvalue weighted by molar-refractivity contribution is 5.80. The highest BCUT2D eigenvalue weighted by atomic mass is 14.9. The van der Waals surface area contributed by atoms with Gasteiger partial charge in [-0.05, 0) is 36.2 Å². The van der Waals surface area contributed by atoms with Gasteiger partial charge in [0.2, 0.25) is 0 Å². The van der Waals surface area contributed by atoms with Crippen molar-refractivity contribution >= 4 is 6.21 Å². The standard InChI is InChI=1S/C21H35N/c1-9-12-13-17(4)19(6,7)18(5)16-22-21(11-3)15-14-20(21,8)10-2/h12-17H,5,9-11H2,1-4,6-8H3/b13-12-,22-16+. The lowest BCUT2D eigenvalue weighted by Gasteiger charge is -2.49. The second kappa shape index (κ2) is 6.98. The van der Waals surface area contributed by atoms with Crippen LogP contribution in [0.2, 0.25) is 0 Å². The number of allylic oxidation sites excluding steroid dienone is 3. The molecule has 0 amide bonds. The Hall–Kier alpha value is -1.11. The van der Waals surface area contributed by atoms with E-state index in [9.17, 15) is 0 Å². The monoisotopic (exact) mass is 301 g/mol. The summed E-state index contributed by atoms with van der Waals surface area (Å²) in [5.41, 5.74) is 1.30. The molecule has 1 aliphatic rings. The van der Waals surface area contributed by atoms with Crippen LogP contribution in [0.25, 0.3) is 0 Å². The van der Waals surface area contributed by atoms with Gasteiger partial charge >= 0.3 is 0 Å². The quantitative estimate of drug-likeness (QED) is 0.364. The minimum Gasteiger partial charge on any atom is -0.281 e. The van der Waals surface area contributed by atoms with Crippen molar-refractivity contribution in [1.29, 1.82) is 0 Å². The van der Waals surface area contributed by atoms with Gasteiger partial charge in [-0.15, -0.1) is 0 Å². The summed E-state index contributed by atoms with van der Waals surface area (Å²) in [4.78, 5) is 5.00. The van der Waals surface area contributed by atoms with E-state index >= 15 is 0 Å². The number of hydrogen-bond acceptors (Lipinski definition) is 1. The maximum atomic E-state index is 5.00. The first-order valence-corrected chi connectivity index (χ1v) is 8.80. The van der Waals surface area contributed by atoms with Gasteiger partial charge < -0.3 is 0 Å². The van der Waals surface area contributed by atoms with Crippen molar-refractivity contribution in [3.05, 3.63) is 36.5 Å². The second-order valence-electron chi connectivity index (χ2n) is 7.51. The van der Waals surface area contributed by atoms with Crippen molar-refractivity contribution in [2.75, 3.05) is 0 Å². The number of nitrogens with zero attached hydrogens (tertiary/aromatic N) is 1. The van der Waals surface area contributed by atoms with Crippen LogP contribution >= 0.6 is 0 Å². The summed E-state index contributed by atoms with van der Waals surface area (Å²) in [7, 11) is 0. The first-order chi connectivity index (χ1) is 10.2. The maximum absolute atomic E-state index is 5.00. The van der Waals surface area contributed by atoms with Crippen molar-refractivity contribution in [1.82, 2.24) is 0 Å². The van der Waals surface area contributed by atoms with Crippen LogP contribution in [0, 0.1) is 16.7 Å². The minimum absolute atomic E-state index is 0.0280. The molecule has 3 unspecified atom stereocenters. The van der Waals surface area contributed by atoms with E-state index in [2.05, 4.69) is 79.3 Å². The third-order valence-electron chi connectivity index (χ3n) is 6.07. The summed E-state index contributed by atoms with van der Waals surface area (Å²) < 4.78 is 0. The van der Waals surface area contributed by atoms with Gasteiger partial charge in [-0.1, -0.05) is 79.3 Å². The SMILES string of the molecule is C=C(/C=N/C1(CC)C=CC1(C)CC)C(C)(C)C(C)/C=C\CC. The molecule has 3 atom stereocenters. The Morgan fingerprint density at radius 2 is 1.86 bits per heavy atom. The van der Waals surface area contributed by atoms with Gasteiger partial charge in [-0.25, -0.2) is 0 Å². The molecule has 22 heavy (non-hydrogen) atoms. The van der Waals surface area contributed by atoms with Gasteiger partial charge in [0.25, 0.3) is 0 Å². The molecule has 0 aromatic rings. The summed E-state index contributed by atoms with van der Waals surface area (Å²) in [6, 6.07) is 0. The lowest BCUT2D eigenvalue weighted by Crippen LogP contribution is -2.48. The molecule has 1 rings (SSSR count). The molecule has 0 aromatic heterocycles. The molecule has 0 heterocycles. The summed E-state index contributed by atoms with van der Waals surface area (Å²) in [6.07, 6.45) is 14.4. The second-order valence-corrected chi connectivity index (χ2v) is 7.51. The third-order valence-corrected chi connectivity index (χ3v) is 6.07. The van der Waals surface area contributed by atoms with E-state index in [1.165, 1.54) is 0 Å². The summed E-state index contributed by atoms with van der Waals surface area (Å²) in [5, 5.41) is 0. The fraction of sp³-hybridized carbons (Fsp3) is 0.667. The highest BCUT2D eigenvalue weighted by Crippen LogP contribution is 2.50. The molecular weight excluding hydrogens is 266 g/mol. The molecule has 1 aliphatic carbocycles. The largest absolute Gasteiger partial charge is 0.281 e. The van der Waals surface area contributed by atoms with Crippen molar-refractivity contribution in [3.8, 4) is 0 Å². The van der Waals surface area contributed by atoms with Crippen molar-refractivity contribution < 1.29 is 0 Å². The summed E-state index contributed by atoms with van der Waals surface area (Å²) in [5.74, 6) is 0.457. The lowest BCUT2D eigenvalue weighted by molar-refractivity contribution is 0.202. The normalized spacial score (nSPS) is 30.0. The fourth-order valence-corrected chi connectivity index (χ4v) is 3.02. The number of aliphatic imine (C=N–C) groups is 1. The molecule has 0 aromatic carbocycles. The molecule has 0 N–H and O–H groups in total. The molecule has 124 valence electrons. The van der Waals surface area contributed by atoms with Crippen LogP contribution in [0.3, 0.4) is 0 Å². The van der Waals surface area contributed by atoms with Gasteiger partial charge in [0.15, 0.2) is 0 Å². The third kappa shape index (κ3) is 3.29. The zero-order chi connectivity index (χ0) is 17.0. The molecule has 0 bridgehead atoms. The van der Waals surface area contributed by atoms with Crippen LogP contribution in [-0.4, -0.2) is 11.8 Å². The van der Waals surface area contributed by atoms with E-state index in [4.69, 9.17) is 4.99 Å². The van der Waals surface area contributed by atoms with Crippen molar-refractivity contribution in [3.63, 3.8) is 0 Å². The van der Waals surface area contributed by atoms with Crippen LogP contribution in [-0.2, 0) is 0 Å². The van der Waals surface area contributed by atoms with Crippen molar-refractivity contribution in [2.24, 2.45) is 21.7 Å². The van der Waals surface area contributed by atoms with Crippen LogP contribution in [0.4, 0.5) is 0 Å². The smallest absolute Gasteiger partial charge is 0.0872 e. The van der Waals surface area contributed by atoms with Crippen LogP contribution < -0.4 is 0 Å². The Kier molecular flexibility index (Phi) is 6.01. The topological polar surface area (TPSA) is 12.4 Å². The van der Waals surface area contributed by atoms with E-state index in [0.717, 1.165) is 24.8 Å². The van der Waals surface area contributed by atoms with Gasteiger partial charge in [0, 0.05) is 11.6 Å². The Bertz CT molecular complexity index is 480. The molecular formula is C21H35N. The van der Waals surface area contributed by atoms with Gasteiger partial charge in [0.05, 0.1) is 5.54 Å². The predicted molar refractivity (Wildman–Crippen MR) is 101 cm³/mol. The Morgan fingerprint density at radius 3 is 2.27 bits per heavy atom. The molecule has 0 radical (unpaired) electrons. The molecule has 0 saturated carbocycles. The zero-order valence-electron chi connectivity index (χ0n) is 15.7. The predicted octanol–water partition coefficient (Wildman–Crippen LogP) is 6.38. The van der Waals surface area contributed by atoms with Gasteiger partial charge in [0.1, 0.15) is 0 Å². The Balaban J connectivity index is 2.92. The molecule has 0 aliphatic heterocycles. The molecule has 0 spiro atoms. The average molecular weight is 302 g/mol. The summed E-state index contributed by atoms with van der Waals surface area (Å²) >= 11 is 0. The first kappa shape index (κ1) is 18.9. The van der Waals surface area contributed by atoms with E-state index in [1.807, 2.05) is 6.21 Å². The Morgan fingerprint density at radius 1 is 1.23 bits per heavy atom. The van der Waals surface area contributed by atoms with E-state index < -0.39 is 0 Å². The van der Waals surface area contributed by atoms with Gasteiger partial charge in [-0.2, -0.15) is 0 Å². The highest BCUT2D eigenvalue weighted by Gasteiger charge is 2.48. The first-order valence-electron chi connectivity index (χ1n) is 8.80. The number of hydrogen-bond donors (Lipinski definition) is 0. The average Bonchev–Trinajstić information content (AvgIpc) is 2.50. The van der Waals surface area contributed by atoms with Crippen LogP contribution in [0.5, 0.6) is 0 Å². The molecule has 0 saturated heterocycles. The number of rotatable bonds is 8. The fourth-order valence-electron chi connectivity index (χ4n) is 3.02. The van der Waals surface area contributed by atoms with E-state index in [1.54, 1.807) is 0 Å². The van der Waals surface area contributed by atoms with Gasteiger partial charge in [-0.3, -0.25) is 4.99 Å². The van der Waals surface area contributed by atoms with Crippen LogP contribution in [0.1, 0.15) is 67.7 Å². The molecule has 0 fully saturated rings. The van der Waals surface area contributed by atoms with E-state index in [0.29, 0.717) is 5.92 Å². The van der Waals surface area contributed by atoms with Crippen LogP contribution in [0.15, 0.2) is 41.4 Å². The molecule has 1 nitrogen and oxygen atoms in total. The lowest BCUT2D eigenvalue weighted by atomic mass is 9.60. The molecule has 1 heteroatoms. The maximum Gasteiger partial charge on any atom is 0.0872 e.